The van der Waals surface area contributed by atoms with Gasteiger partial charge in [-0.25, -0.2) is 23.7 Å². The number of aromatic nitrogens is 3. The van der Waals surface area contributed by atoms with Crippen LogP contribution in [0.15, 0.2) is 24.1 Å². The second-order valence-corrected chi connectivity index (χ2v) is 5.52. The van der Waals surface area contributed by atoms with E-state index in [2.05, 4.69) is 20.3 Å². The Morgan fingerprint density at radius 1 is 1.48 bits per heavy atom. The van der Waals surface area contributed by atoms with Crippen LogP contribution in [-0.2, 0) is 4.79 Å². The largest absolute Gasteiger partial charge is 0.350 e. The lowest BCUT2D eigenvalue weighted by Gasteiger charge is -2.20. The number of nitrogens with zero attached hydrogens (tertiary/aromatic N) is 4. The van der Waals surface area contributed by atoms with Crippen LogP contribution in [0.4, 0.5) is 19.7 Å². The highest BCUT2D eigenvalue weighted by atomic mass is 32.1. The lowest BCUT2D eigenvalue weighted by atomic mass is 10.1. The summed E-state index contributed by atoms with van der Waals surface area (Å²) < 4.78 is 28.3. The van der Waals surface area contributed by atoms with Crippen molar-refractivity contribution in [1.82, 2.24) is 15.0 Å². The first-order valence-electron chi connectivity index (χ1n) is 6.19. The fourth-order valence-electron chi connectivity index (χ4n) is 2.17. The third kappa shape index (κ3) is 2.68. The van der Waals surface area contributed by atoms with Crippen LogP contribution in [0.1, 0.15) is 6.42 Å². The lowest BCUT2D eigenvalue weighted by Crippen LogP contribution is -2.41. The number of hydrogen-bond acceptors (Lipinski definition) is 6. The van der Waals surface area contributed by atoms with Crippen molar-refractivity contribution < 1.29 is 13.6 Å². The quantitative estimate of drug-likeness (QED) is 0.933. The van der Waals surface area contributed by atoms with Crippen molar-refractivity contribution in [2.24, 2.45) is 0 Å². The number of halogens is 2. The maximum absolute atomic E-state index is 14.7. The van der Waals surface area contributed by atoms with E-state index in [4.69, 9.17) is 0 Å². The third-order valence-electron chi connectivity index (χ3n) is 3.23. The summed E-state index contributed by atoms with van der Waals surface area (Å²) in [6.45, 7) is -0.0478. The van der Waals surface area contributed by atoms with E-state index in [1.54, 1.807) is 5.38 Å². The van der Waals surface area contributed by atoms with E-state index < -0.39 is 17.4 Å². The van der Waals surface area contributed by atoms with Gasteiger partial charge >= 0.3 is 0 Å². The highest BCUT2D eigenvalue weighted by molar-refractivity contribution is 7.13. The molecule has 0 aliphatic carbocycles. The monoisotopic (exact) mass is 311 g/mol. The first-order chi connectivity index (χ1) is 10.1. The van der Waals surface area contributed by atoms with E-state index in [-0.39, 0.29) is 25.3 Å². The highest BCUT2D eigenvalue weighted by Crippen LogP contribution is 2.31. The minimum atomic E-state index is -2.09. The van der Waals surface area contributed by atoms with Gasteiger partial charge in [0.25, 0.3) is 5.91 Å². The standard InChI is InChI=1S/C12H11F2N5OS/c13-8-5-15-7-17-9(8)19-3-1-12(14,6-19)10(20)18-11-16-2-4-21-11/h2,4-5,7H,1,3,6H2,(H,16,18,20). The second-order valence-electron chi connectivity index (χ2n) is 4.62. The first-order valence-corrected chi connectivity index (χ1v) is 7.07. The number of thiazole rings is 1. The molecule has 0 spiro atoms. The van der Waals surface area contributed by atoms with Gasteiger partial charge in [-0.2, -0.15) is 0 Å². The molecule has 0 aromatic carbocycles. The third-order valence-corrected chi connectivity index (χ3v) is 3.92. The van der Waals surface area contributed by atoms with Gasteiger partial charge in [0.1, 0.15) is 6.33 Å². The van der Waals surface area contributed by atoms with Crippen LogP contribution < -0.4 is 10.2 Å². The fourth-order valence-corrected chi connectivity index (χ4v) is 2.70. The summed E-state index contributed by atoms with van der Waals surface area (Å²) in [4.78, 5) is 24.6. The van der Waals surface area contributed by atoms with Crippen LogP contribution in [0.5, 0.6) is 0 Å². The Morgan fingerprint density at radius 3 is 3.05 bits per heavy atom. The lowest BCUT2D eigenvalue weighted by molar-refractivity contribution is -0.126. The maximum atomic E-state index is 14.7. The number of carbonyl (C=O) groups excluding carboxylic acids is 1. The summed E-state index contributed by atoms with van der Waals surface area (Å²) in [6.07, 6.45) is 3.68. The van der Waals surface area contributed by atoms with Gasteiger partial charge in [0, 0.05) is 24.5 Å². The van der Waals surface area contributed by atoms with Gasteiger partial charge in [-0.15, -0.1) is 11.3 Å². The van der Waals surface area contributed by atoms with E-state index in [0.29, 0.717) is 5.13 Å². The summed E-state index contributed by atoms with van der Waals surface area (Å²) in [5.74, 6) is -1.40. The molecular weight excluding hydrogens is 300 g/mol. The summed E-state index contributed by atoms with van der Waals surface area (Å²) in [5.41, 5.74) is -2.09. The number of nitrogens with one attached hydrogen (secondary N) is 1. The van der Waals surface area contributed by atoms with Crippen molar-refractivity contribution in [3.63, 3.8) is 0 Å². The molecule has 1 aliphatic heterocycles. The zero-order chi connectivity index (χ0) is 14.9. The molecule has 2 aromatic rings. The Morgan fingerprint density at radius 2 is 2.33 bits per heavy atom. The SMILES string of the molecule is O=C(Nc1nccs1)C1(F)CCN(c2ncncc2F)C1. The summed E-state index contributed by atoms with van der Waals surface area (Å²) in [6, 6.07) is 0. The van der Waals surface area contributed by atoms with Gasteiger partial charge in [0.15, 0.2) is 16.8 Å². The molecule has 6 nitrogen and oxygen atoms in total. The number of amides is 1. The number of alkyl halides is 1. The molecule has 21 heavy (non-hydrogen) atoms. The van der Waals surface area contributed by atoms with Crippen LogP contribution in [-0.4, -0.2) is 39.6 Å². The van der Waals surface area contributed by atoms with Crippen molar-refractivity contribution in [2.45, 2.75) is 12.1 Å². The average molecular weight is 311 g/mol. The van der Waals surface area contributed by atoms with E-state index in [1.807, 2.05) is 0 Å². The molecule has 1 N–H and O–H groups in total. The molecule has 0 saturated carbocycles. The number of anilines is 2. The minimum Gasteiger partial charge on any atom is -0.350 e. The molecule has 3 heterocycles. The smallest absolute Gasteiger partial charge is 0.265 e. The van der Waals surface area contributed by atoms with Crippen molar-refractivity contribution in [2.75, 3.05) is 23.3 Å². The van der Waals surface area contributed by atoms with Gasteiger partial charge < -0.3 is 4.90 Å². The predicted molar refractivity (Wildman–Crippen MR) is 73.4 cm³/mol. The molecule has 1 saturated heterocycles. The van der Waals surface area contributed by atoms with Crippen molar-refractivity contribution in [1.29, 1.82) is 0 Å². The van der Waals surface area contributed by atoms with Crippen molar-refractivity contribution in [3.05, 3.63) is 29.9 Å². The van der Waals surface area contributed by atoms with Crippen LogP contribution in [0.2, 0.25) is 0 Å². The van der Waals surface area contributed by atoms with Gasteiger partial charge in [-0.1, -0.05) is 0 Å². The van der Waals surface area contributed by atoms with E-state index in [1.165, 1.54) is 28.8 Å². The second kappa shape index (κ2) is 5.32. The topological polar surface area (TPSA) is 71.0 Å². The Hall–Kier alpha value is -2.16. The summed E-state index contributed by atoms with van der Waals surface area (Å²) >= 11 is 1.20. The van der Waals surface area contributed by atoms with Crippen LogP contribution >= 0.6 is 11.3 Å². The first kappa shape index (κ1) is 13.8. The minimum absolute atomic E-state index is 0.00609. The number of carbonyl (C=O) groups is 1. The average Bonchev–Trinajstić information content (AvgIpc) is 3.10. The van der Waals surface area contributed by atoms with Gasteiger partial charge in [-0.3, -0.25) is 10.1 Å². The zero-order valence-corrected chi connectivity index (χ0v) is 11.6. The Bertz CT molecular complexity index is 653. The molecule has 1 aliphatic rings. The normalized spacial score (nSPS) is 21.5. The Balaban J connectivity index is 1.73. The van der Waals surface area contributed by atoms with Crippen LogP contribution in [0, 0.1) is 5.82 Å². The molecule has 9 heteroatoms. The van der Waals surface area contributed by atoms with E-state index in [9.17, 15) is 13.6 Å². The molecule has 0 radical (unpaired) electrons. The number of rotatable bonds is 3. The predicted octanol–water partition coefficient (Wildman–Crippen LogP) is 1.63. The van der Waals surface area contributed by atoms with Gasteiger partial charge in [-0.05, 0) is 0 Å². The van der Waals surface area contributed by atoms with Crippen LogP contribution in [0.25, 0.3) is 0 Å². The van der Waals surface area contributed by atoms with Gasteiger partial charge in [0.2, 0.25) is 5.67 Å². The van der Waals surface area contributed by atoms with Crippen molar-refractivity contribution >= 4 is 28.2 Å². The molecule has 2 aromatic heterocycles. The Kier molecular flexibility index (Phi) is 3.50. The highest BCUT2D eigenvalue weighted by Gasteiger charge is 2.46. The fraction of sp³-hybridized carbons (Fsp3) is 0.333. The molecule has 0 bridgehead atoms. The molecule has 3 rings (SSSR count). The molecule has 1 fully saturated rings. The van der Waals surface area contributed by atoms with E-state index >= 15 is 0 Å². The molecule has 1 unspecified atom stereocenters. The summed E-state index contributed by atoms with van der Waals surface area (Å²) in [7, 11) is 0. The Labute approximate surface area is 122 Å². The summed E-state index contributed by atoms with van der Waals surface area (Å²) in [5, 5.41) is 4.45. The molecular formula is C12H11F2N5OS. The molecule has 110 valence electrons. The van der Waals surface area contributed by atoms with E-state index in [0.717, 1.165) is 6.20 Å². The zero-order valence-electron chi connectivity index (χ0n) is 10.8. The molecule has 1 atom stereocenters. The van der Waals surface area contributed by atoms with Gasteiger partial charge in [0.05, 0.1) is 12.7 Å². The van der Waals surface area contributed by atoms with Crippen LogP contribution in [0.3, 0.4) is 0 Å². The maximum Gasteiger partial charge on any atom is 0.265 e. The molecule has 1 amide bonds. The van der Waals surface area contributed by atoms with Crippen molar-refractivity contribution in [3.8, 4) is 0 Å². The number of hydrogen-bond donors (Lipinski definition) is 1.